The first-order chi connectivity index (χ1) is 10.1. The van der Waals surface area contributed by atoms with Gasteiger partial charge in [-0.25, -0.2) is 0 Å². The molecule has 4 nitrogen and oxygen atoms in total. The Labute approximate surface area is 129 Å². The SMILES string of the molecule is CCCCCOC(=O)CCC(=O)OCC(CC)CCCC. The summed E-state index contributed by atoms with van der Waals surface area (Å²) in [6.07, 6.45) is 7.74. The summed E-state index contributed by atoms with van der Waals surface area (Å²) in [5, 5.41) is 0. The van der Waals surface area contributed by atoms with E-state index in [1.165, 1.54) is 6.42 Å². The van der Waals surface area contributed by atoms with Crippen molar-refractivity contribution in [2.75, 3.05) is 13.2 Å². The van der Waals surface area contributed by atoms with Gasteiger partial charge in [0.15, 0.2) is 0 Å². The quantitative estimate of drug-likeness (QED) is 0.377. The van der Waals surface area contributed by atoms with Crippen molar-refractivity contribution in [2.24, 2.45) is 5.92 Å². The average Bonchev–Trinajstić information content (AvgIpc) is 2.49. The first-order valence-corrected chi connectivity index (χ1v) is 8.45. The predicted octanol–water partition coefficient (Wildman–Crippen LogP) is 4.26. The van der Waals surface area contributed by atoms with Crippen molar-refractivity contribution in [3.8, 4) is 0 Å². The Hall–Kier alpha value is -1.06. The lowest BCUT2D eigenvalue weighted by Gasteiger charge is -2.14. The Balaban J connectivity index is 3.66. The van der Waals surface area contributed by atoms with E-state index < -0.39 is 0 Å². The molecule has 0 amide bonds. The van der Waals surface area contributed by atoms with Gasteiger partial charge >= 0.3 is 11.9 Å². The molecule has 0 rings (SSSR count). The topological polar surface area (TPSA) is 52.6 Å². The minimum absolute atomic E-state index is 0.122. The number of ether oxygens (including phenoxy) is 2. The van der Waals surface area contributed by atoms with Gasteiger partial charge in [-0.15, -0.1) is 0 Å². The zero-order valence-electron chi connectivity index (χ0n) is 14.0. The van der Waals surface area contributed by atoms with Crippen LogP contribution in [0.15, 0.2) is 0 Å². The molecule has 124 valence electrons. The van der Waals surface area contributed by atoms with E-state index in [1.807, 2.05) is 0 Å². The summed E-state index contributed by atoms with van der Waals surface area (Å²) in [7, 11) is 0. The fraction of sp³-hybridized carbons (Fsp3) is 0.882. The van der Waals surface area contributed by atoms with Crippen molar-refractivity contribution in [1.29, 1.82) is 0 Å². The van der Waals surface area contributed by atoms with Gasteiger partial charge in [0.25, 0.3) is 0 Å². The van der Waals surface area contributed by atoms with Gasteiger partial charge in [0.1, 0.15) is 0 Å². The maximum absolute atomic E-state index is 11.6. The van der Waals surface area contributed by atoms with Crippen LogP contribution in [0.4, 0.5) is 0 Å². The molecule has 21 heavy (non-hydrogen) atoms. The van der Waals surface area contributed by atoms with Gasteiger partial charge in [-0.2, -0.15) is 0 Å². The van der Waals surface area contributed by atoms with Crippen LogP contribution in [0.2, 0.25) is 0 Å². The molecule has 0 aliphatic rings. The van der Waals surface area contributed by atoms with Crippen LogP contribution in [0, 0.1) is 5.92 Å². The number of carbonyl (C=O) groups excluding carboxylic acids is 2. The van der Waals surface area contributed by atoms with Crippen molar-refractivity contribution in [3.05, 3.63) is 0 Å². The summed E-state index contributed by atoms with van der Waals surface area (Å²) in [5.74, 6) is -0.161. The maximum atomic E-state index is 11.6. The highest BCUT2D eigenvalue weighted by Crippen LogP contribution is 2.13. The highest BCUT2D eigenvalue weighted by Gasteiger charge is 2.12. The van der Waals surface area contributed by atoms with Crippen molar-refractivity contribution in [3.63, 3.8) is 0 Å². The number of hydrogen-bond donors (Lipinski definition) is 0. The van der Waals surface area contributed by atoms with Crippen LogP contribution in [0.5, 0.6) is 0 Å². The summed E-state index contributed by atoms with van der Waals surface area (Å²) in [6.45, 7) is 7.30. The normalized spacial score (nSPS) is 12.0. The third-order valence-electron chi connectivity index (χ3n) is 3.57. The second-order valence-electron chi connectivity index (χ2n) is 5.53. The third kappa shape index (κ3) is 12.4. The van der Waals surface area contributed by atoms with Crippen LogP contribution in [0.25, 0.3) is 0 Å². The van der Waals surface area contributed by atoms with Crippen molar-refractivity contribution >= 4 is 11.9 Å². The van der Waals surface area contributed by atoms with E-state index in [2.05, 4.69) is 20.8 Å². The van der Waals surface area contributed by atoms with E-state index in [0.29, 0.717) is 19.1 Å². The van der Waals surface area contributed by atoms with Gasteiger partial charge in [-0.3, -0.25) is 9.59 Å². The summed E-state index contributed by atoms with van der Waals surface area (Å²) in [4.78, 5) is 23.0. The van der Waals surface area contributed by atoms with E-state index >= 15 is 0 Å². The first kappa shape index (κ1) is 19.9. The number of rotatable bonds is 13. The van der Waals surface area contributed by atoms with Crippen LogP contribution in [-0.4, -0.2) is 25.2 Å². The van der Waals surface area contributed by atoms with Crippen LogP contribution in [0.1, 0.15) is 78.6 Å². The molecule has 0 saturated heterocycles. The smallest absolute Gasteiger partial charge is 0.306 e. The van der Waals surface area contributed by atoms with Crippen molar-refractivity contribution in [1.82, 2.24) is 0 Å². The van der Waals surface area contributed by atoms with Gasteiger partial charge in [0.2, 0.25) is 0 Å². The molecule has 0 fully saturated rings. The van der Waals surface area contributed by atoms with Crippen molar-refractivity contribution < 1.29 is 19.1 Å². The zero-order chi connectivity index (χ0) is 15.9. The molecule has 0 aromatic rings. The fourth-order valence-corrected chi connectivity index (χ4v) is 2.00. The lowest BCUT2D eigenvalue weighted by molar-refractivity contribution is -0.151. The maximum Gasteiger partial charge on any atom is 0.306 e. The summed E-state index contributed by atoms with van der Waals surface area (Å²) >= 11 is 0. The van der Waals surface area contributed by atoms with Crippen LogP contribution in [0.3, 0.4) is 0 Å². The van der Waals surface area contributed by atoms with Crippen molar-refractivity contribution in [2.45, 2.75) is 78.6 Å². The average molecular weight is 300 g/mol. The Bertz CT molecular complexity index is 276. The second-order valence-corrected chi connectivity index (χ2v) is 5.53. The summed E-state index contributed by atoms with van der Waals surface area (Å²) in [6, 6.07) is 0. The van der Waals surface area contributed by atoms with Crippen LogP contribution >= 0.6 is 0 Å². The third-order valence-corrected chi connectivity index (χ3v) is 3.57. The first-order valence-electron chi connectivity index (χ1n) is 8.45. The van der Waals surface area contributed by atoms with Gasteiger partial charge in [-0.1, -0.05) is 52.9 Å². The molecule has 0 aliphatic heterocycles. The van der Waals surface area contributed by atoms with Gasteiger partial charge in [-0.05, 0) is 18.8 Å². The minimum Gasteiger partial charge on any atom is -0.466 e. The van der Waals surface area contributed by atoms with E-state index in [0.717, 1.165) is 38.5 Å². The van der Waals surface area contributed by atoms with Crippen LogP contribution in [-0.2, 0) is 19.1 Å². The Kier molecular flexibility index (Phi) is 13.2. The van der Waals surface area contributed by atoms with Gasteiger partial charge in [0.05, 0.1) is 26.1 Å². The highest BCUT2D eigenvalue weighted by molar-refractivity contribution is 5.77. The highest BCUT2D eigenvalue weighted by atomic mass is 16.5. The largest absolute Gasteiger partial charge is 0.466 e. The molecule has 1 atom stereocenters. The Morgan fingerprint density at radius 2 is 1.48 bits per heavy atom. The minimum atomic E-state index is -0.305. The molecule has 0 saturated carbocycles. The summed E-state index contributed by atoms with van der Waals surface area (Å²) in [5.41, 5.74) is 0. The zero-order valence-corrected chi connectivity index (χ0v) is 14.0. The predicted molar refractivity (Wildman–Crippen MR) is 84.0 cm³/mol. The van der Waals surface area contributed by atoms with E-state index in [4.69, 9.17) is 9.47 Å². The molecule has 0 radical (unpaired) electrons. The van der Waals surface area contributed by atoms with E-state index in [1.54, 1.807) is 0 Å². The molecule has 0 aliphatic carbocycles. The van der Waals surface area contributed by atoms with Crippen LogP contribution < -0.4 is 0 Å². The molecule has 0 spiro atoms. The van der Waals surface area contributed by atoms with Gasteiger partial charge < -0.3 is 9.47 Å². The standard InChI is InChI=1S/C17H32O4/c1-4-7-9-13-20-16(18)11-12-17(19)21-14-15(6-3)10-8-5-2/h15H,4-14H2,1-3H3. The summed E-state index contributed by atoms with van der Waals surface area (Å²) < 4.78 is 10.3. The number of hydrogen-bond acceptors (Lipinski definition) is 4. The number of esters is 2. The Morgan fingerprint density at radius 1 is 0.857 bits per heavy atom. The molecule has 0 aromatic carbocycles. The van der Waals surface area contributed by atoms with Gasteiger partial charge in [0, 0.05) is 0 Å². The molecular weight excluding hydrogens is 268 g/mol. The monoisotopic (exact) mass is 300 g/mol. The number of carbonyl (C=O) groups is 2. The molecular formula is C17H32O4. The molecule has 0 bridgehead atoms. The Morgan fingerprint density at radius 3 is 2.05 bits per heavy atom. The molecule has 4 heteroatoms. The lowest BCUT2D eigenvalue weighted by atomic mass is 10.0. The fourth-order valence-electron chi connectivity index (χ4n) is 2.00. The number of unbranched alkanes of at least 4 members (excludes halogenated alkanes) is 3. The molecule has 1 unspecified atom stereocenters. The lowest BCUT2D eigenvalue weighted by Crippen LogP contribution is -2.15. The molecule has 0 heterocycles. The van der Waals surface area contributed by atoms with E-state index in [9.17, 15) is 9.59 Å². The van der Waals surface area contributed by atoms with E-state index in [-0.39, 0.29) is 24.8 Å². The molecule has 0 N–H and O–H groups in total. The second kappa shape index (κ2) is 13.9. The molecule has 0 aromatic heterocycles.